The summed E-state index contributed by atoms with van der Waals surface area (Å²) in [5, 5.41) is 9.87. The van der Waals surface area contributed by atoms with E-state index in [2.05, 4.69) is 15.2 Å². The van der Waals surface area contributed by atoms with Gasteiger partial charge in [0.15, 0.2) is 0 Å². The monoisotopic (exact) mass is 218 g/mol. The fraction of sp³-hybridized carbons (Fsp3) is 0. The van der Waals surface area contributed by atoms with Crippen LogP contribution < -0.4 is 0 Å². The fourth-order valence-electron chi connectivity index (χ4n) is 1.61. The number of hydrogen-bond acceptors (Lipinski definition) is 2. The van der Waals surface area contributed by atoms with Crippen molar-refractivity contribution in [3.05, 3.63) is 41.8 Å². The third-order valence-electron chi connectivity index (χ3n) is 2.27. The standard InChI is InChI=1S/C10H7ClN4/c11-8-2-1-7-3-4-12-9(7)10(8)15-13-5-6-14-15/h1-6,12H. The van der Waals surface area contributed by atoms with E-state index in [0.29, 0.717) is 5.02 Å². The summed E-state index contributed by atoms with van der Waals surface area (Å²) in [5.74, 6) is 0. The highest BCUT2D eigenvalue weighted by molar-refractivity contribution is 6.33. The van der Waals surface area contributed by atoms with Crippen molar-refractivity contribution in [1.29, 1.82) is 0 Å². The zero-order valence-corrected chi connectivity index (χ0v) is 8.44. The molecule has 0 aliphatic rings. The number of aromatic nitrogens is 4. The van der Waals surface area contributed by atoms with Gasteiger partial charge in [-0.1, -0.05) is 17.7 Å². The van der Waals surface area contributed by atoms with Gasteiger partial charge in [-0.05, 0) is 12.1 Å². The smallest absolute Gasteiger partial charge is 0.128 e. The summed E-state index contributed by atoms with van der Waals surface area (Å²) >= 11 is 6.13. The molecule has 15 heavy (non-hydrogen) atoms. The Morgan fingerprint density at radius 1 is 1.13 bits per heavy atom. The van der Waals surface area contributed by atoms with E-state index < -0.39 is 0 Å². The molecule has 3 aromatic rings. The van der Waals surface area contributed by atoms with Crippen LogP contribution in [-0.2, 0) is 0 Å². The van der Waals surface area contributed by atoms with Crippen molar-refractivity contribution in [3.8, 4) is 5.69 Å². The van der Waals surface area contributed by atoms with Gasteiger partial charge in [-0.3, -0.25) is 0 Å². The minimum absolute atomic E-state index is 0.626. The molecule has 5 heteroatoms. The number of nitrogens with zero attached hydrogens (tertiary/aromatic N) is 3. The Hall–Kier alpha value is -1.81. The third kappa shape index (κ3) is 1.22. The average Bonchev–Trinajstić information content (AvgIpc) is 2.85. The van der Waals surface area contributed by atoms with E-state index in [0.717, 1.165) is 16.6 Å². The van der Waals surface area contributed by atoms with Gasteiger partial charge in [0.25, 0.3) is 0 Å². The van der Waals surface area contributed by atoms with E-state index in [1.54, 1.807) is 12.4 Å². The topological polar surface area (TPSA) is 46.5 Å². The summed E-state index contributed by atoms with van der Waals surface area (Å²) in [7, 11) is 0. The predicted octanol–water partition coefficient (Wildman–Crippen LogP) is 2.40. The summed E-state index contributed by atoms with van der Waals surface area (Å²) in [5.41, 5.74) is 1.72. The van der Waals surface area contributed by atoms with E-state index in [4.69, 9.17) is 11.6 Å². The van der Waals surface area contributed by atoms with Crippen LogP contribution >= 0.6 is 11.6 Å². The molecule has 2 heterocycles. The van der Waals surface area contributed by atoms with Gasteiger partial charge >= 0.3 is 0 Å². The lowest BCUT2D eigenvalue weighted by Gasteiger charge is -2.04. The molecule has 0 saturated carbocycles. The molecule has 0 spiro atoms. The molecule has 1 aromatic carbocycles. The zero-order chi connectivity index (χ0) is 10.3. The van der Waals surface area contributed by atoms with E-state index in [9.17, 15) is 0 Å². The molecular formula is C10H7ClN4. The van der Waals surface area contributed by atoms with Crippen LogP contribution in [0.5, 0.6) is 0 Å². The SMILES string of the molecule is Clc1ccc2cc[nH]c2c1-n1nccn1. The van der Waals surface area contributed by atoms with Crippen molar-refractivity contribution in [2.24, 2.45) is 0 Å². The third-order valence-corrected chi connectivity index (χ3v) is 2.58. The molecule has 0 amide bonds. The number of hydrogen-bond donors (Lipinski definition) is 1. The van der Waals surface area contributed by atoms with E-state index >= 15 is 0 Å². The van der Waals surface area contributed by atoms with Crippen LogP contribution in [-0.4, -0.2) is 20.0 Å². The lowest BCUT2D eigenvalue weighted by atomic mass is 10.2. The first-order valence-corrected chi connectivity index (χ1v) is 4.86. The van der Waals surface area contributed by atoms with Gasteiger partial charge in [0.05, 0.1) is 22.9 Å². The Balaban J connectivity index is 2.41. The highest BCUT2D eigenvalue weighted by Gasteiger charge is 2.09. The highest BCUT2D eigenvalue weighted by atomic mass is 35.5. The summed E-state index contributed by atoms with van der Waals surface area (Å²) in [4.78, 5) is 4.65. The molecule has 0 atom stereocenters. The first-order chi connectivity index (χ1) is 7.36. The van der Waals surface area contributed by atoms with E-state index in [1.807, 2.05) is 24.4 Å². The maximum absolute atomic E-state index is 6.13. The predicted molar refractivity (Wildman–Crippen MR) is 58.2 cm³/mol. The molecule has 0 aliphatic carbocycles. The van der Waals surface area contributed by atoms with Crippen molar-refractivity contribution in [1.82, 2.24) is 20.0 Å². The minimum atomic E-state index is 0.626. The van der Waals surface area contributed by atoms with Gasteiger partial charge in [-0.15, -0.1) is 4.80 Å². The zero-order valence-electron chi connectivity index (χ0n) is 7.68. The van der Waals surface area contributed by atoms with Gasteiger partial charge in [0.1, 0.15) is 5.69 Å². The second-order valence-electron chi connectivity index (χ2n) is 3.16. The molecule has 0 saturated heterocycles. The number of halogens is 1. The Kier molecular flexibility index (Phi) is 1.76. The Morgan fingerprint density at radius 2 is 1.93 bits per heavy atom. The number of benzene rings is 1. The molecule has 74 valence electrons. The van der Waals surface area contributed by atoms with Crippen molar-refractivity contribution in [2.75, 3.05) is 0 Å². The second-order valence-corrected chi connectivity index (χ2v) is 3.56. The van der Waals surface area contributed by atoms with Crippen LogP contribution in [0.1, 0.15) is 0 Å². The van der Waals surface area contributed by atoms with Crippen LogP contribution in [0.2, 0.25) is 5.02 Å². The molecule has 0 unspecified atom stereocenters. The average molecular weight is 219 g/mol. The number of rotatable bonds is 1. The molecule has 0 aliphatic heterocycles. The van der Waals surface area contributed by atoms with E-state index in [1.165, 1.54) is 4.80 Å². The Morgan fingerprint density at radius 3 is 2.73 bits per heavy atom. The van der Waals surface area contributed by atoms with Crippen LogP contribution in [0.4, 0.5) is 0 Å². The maximum Gasteiger partial charge on any atom is 0.128 e. The summed E-state index contributed by atoms with van der Waals surface area (Å²) < 4.78 is 0. The van der Waals surface area contributed by atoms with Gasteiger partial charge in [0.2, 0.25) is 0 Å². The highest BCUT2D eigenvalue weighted by Crippen LogP contribution is 2.27. The molecule has 0 fully saturated rings. The van der Waals surface area contributed by atoms with Crippen LogP contribution in [0.25, 0.3) is 16.6 Å². The van der Waals surface area contributed by atoms with Gasteiger partial charge < -0.3 is 4.98 Å². The molecule has 0 radical (unpaired) electrons. The Bertz CT molecular complexity index is 597. The van der Waals surface area contributed by atoms with Crippen molar-refractivity contribution >= 4 is 22.5 Å². The number of fused-ring (bicyclic) bond motifs is 1. The summed E-state index contributed by atoms with van der Waals surface area (Å²) in [6.45, 7) is 0. The molecule has 2 aromatic heterocycles. The number of H-pyrrole nitrogens is 1. The fourth-order valence-corrected chi connectivity index (χ4v) is 1.85. The van der Waals surface area contributed by atoms with Gasteiger partial charge in [0, 0.05) is 11.6 Å². The second kappa shape index (κ2) is 3.10. The molecule has 3 rings (SSSR count). The molecule has 1 N–H and O–H groups in total. The largest absolute Gasteiger partial charge is 0.359 e. The minimum Gasteiger partial charge on any atom is -0.359 e. The van der Waals surface area contributed by atoms with Crippen LogP contribution in [0.15, 0.2) is 36.8 Å². The van der Waals surface area contributed by atoms with Crippen molar-refractivity contribution in [3.63, 3.8) is 0 Å². The molecule has 0 bridgehead atoms. The van der Waals surface area contributed by atoms with Crippen molar-refractivity contribution in [2.45, 2.75) is 0 Å². The quantitative estimate of drug-likeness (QED) is 0.682. The van der Waals surface area contributed by atoms with Gasteiger partial charge in [-0.25, -0.2) is 0 Å². The van der Waals surface area contributed by atoms with Crippen molar-refractivity contribution < 1.29 is 0 Å². The normalized spacial score (nSPS) is 11.0. The first kappa shape index (κ1) is 8.49. The first-order valence-electron chi connectivity index (χ1n) is 4.48. The van der Waals surface area contributed by atoms with E-state index in [-0.39, 0.29) is 0 Å². The summed E-state index contributed by atoms with van der Waals surface area (Å²) in [6, 6.07) is 5.79. The van der Waals surface area contributed by atoms with Crippen LogP contribution in [0, 0.1) is 0 Å². The summed E-state index contributed by atoms with van der Waals surface area (Å²) in [6.07, 6.45) is 5.12. The van der Waals surface area contributed by atoms with Gasteiger partial charge in [-0.2, -0.15) is 10.2 Å². The number of nitrogens with one attached hydrogen (secondary N) is 1. The molecular weight excluding hydrogens is 212 g/mol. The maximum atomic E-state index is 6.13. The lowest BCUT2D eigenvalue weighted by Crippen LogP contribution is -2.00. The Labute approximate surface area is 90.5 Å². The molecule has 4 nitrogen and oxygen atoms in total. The lowest BCUT2D eigenvalue weighted by molar-refractivity contribution is 0.756. The number of aromatic amines is 1. The van der Waals surface area contributed by atoms with Crippen LogP contribution in [0.3, 0.4) is 0 Å².